The number of terminal acetylenes is 1. The molecule has 10 rings (SSSR count). The third-order valence-electron chi connectivity index (χ3n) is 12.6. The van der Waals surface area contributed by atoms with Crippen LogP contribution in [0.3, 0.4) is 0 Å². The van der Waals surface area contributed by atoms with E-state index in [-0.39, 0.29) is 12.4 Å². The molecule has 14 heteroatoms. The number of rotatable bonds is 17. The van der Waals surface area contributed by atoms with Crippen molar-refractivity contribution < 1.29 is 28.5 Å². The van der Waals surface area contributed by atoms with Crippen LogP contribution in [0.5, 0.6) is 23.3 Å². The number of hydrogen-bond donors (Lipinski definition) is 0. The first-order valence-corrected chi connectivity index (χ1v) is 26.2. The number of pyridine rings is 2. The molecule has 0 radical (unpaired) electrons. The van der Waals surface area contributed by atoms with E-state index in [9.17, 15) is 9.59 Å². The van der Waals surface area contributed by atoms with Crippen molar-refractivity contribution in [3.05, 3.63) is 120 Å². The van der Waals surface area contributed by atoms with Crippen molar-refractivity contribution in [3.8, 4) is 35.6 Å². The molecule has 4 aromatic heterocycles. The summed E-state index contributed by atoms with van der Waals surface area (Å²) in [7, 11) is 1.64. The predicted octanol–water partition coefficient (Wildman–Crippen LogP) is 11.0. The average molecular weight is 991 g/mol. The highest BCUT2D eigenvalue weighted by atomic mass is 32.1. The number of nitrogens with zero attached hydrogens (tertiary/aromatic N) is 6. The number of unbranched alkanes of at least 4 members (excludes halogenated alkanes) is 2. The van der Waals surface area contributed by atoms with Crippen molar-refractivity contribution >= 4 is 88.3 Å². The second kappa shape index (κ2) is 25.9. The fourth-order valence-corrected chi connectivity index (χ4v) is 10.5. The topological polar surface area (TPSA) is 110 Å². The molecule has 0 atom stereocenters. The first kappa shape index (κ1) is 50.6. The van der Waals surface area contributed by atoms with Crippen molar-refractivity contribution in [1.82, 2.24) is 19.8 Å². The number of thiophene rings is 2. The minimum absolute atomic E-state index is 0.236. The Kier molecular flexibility index (Phi) is 18.5. The maximum Gasteiger partial charge on any atom is 0.309 e. The molecule has 0 amide bonds. The fourth-order valence-electron chi connectivity index (χ4n) is 8.89. The third kappa shape index (κ3) is 14.2. The Morgan fingerprint density at radius 1 is 0.634 bits per heavy atom. The van der Waals surface area contributed by atoms with E-state index in [1.54, 1.807) is 13.2 Å². The third-order valence-corrected chi connectivity index (χ3v) is 14.3. The van der Waals surface area contributed by atoms with Gasteiger partial charge < -0.3 is 33.5 Å². The molecule has 0 bridgehead atoms. The lowest BCUT2D eigenvalue weighted by Crippen LogP contribution is -2.46. The van der Waals surface area contributed by atoms with Crippen LogP contribution >= 0.6 is 22.7 Å². The van der Waals surface area contributed by atoms with Gasteiger partial charge in [0.2, 0.25) is 11.8 Å². The minimum Gasteiger partial charge on any atom is -0.494 e. The number of esters is 1. The lowest BCUT2D eigenvalue weighted by molar-refractivity contribution is -0.132. The number of fused-ring (bicyclic) bond motifs is 4. The largest absolute Gasteiger partial charge is 0.494 e. The van der Waals surface area contributed by atoms with Crippen LogP contribution in [0.1, 0.15) is 39.0 Å². The van der Waals surface area contributed by atoms with Crippen LogP contribution in [0.15, 0.2) is 120 Å². The first-order chi connectivity index (χ1) is 34.9. The van der Waals surface area contributed by atoms with Crippen LogP contribution in [0.25, 0.3) is 42.0 Å². The molecule has 2 fully saturated rings. The quantitative estimate of drug-likeness (QED) is 0.0375. The van der Waals surface area contributed by atoms with Gasteiger partial charge in [0.05, 0.1) is 37.8 Å². The zero-order valence-corrected chi connectivity index (χ0v) is 42.3. The van der Waals surface area contributed by atoms with Gasteiger partial charge >= 0.3 is 5.97 Å². The minimum atomic E-state index is -0.375. The van der Waals surface area contributed by atoms with Gasteiger partial charge in [0.1, 0.15) is 17.8 Å². The van der Waals surface area contributed by atoms with Gasteiger partial charge in [-0.05, 0) is 122 Å². The Bertz CT molecular complexity index is 3030. The summed E-state index contributed by atoms with van der Waals surface area (Å²) in [6, 6.07) is 37.2. The number of carbonyl (C=O) groups is 2. The molecule has 12 nitrogen and oxygen atoms in total. The molecule has 2 aliphatic rings. The lowest BCUT2D eigenvalue weighted by atomic mass is 10.2. The number of ether oxygens (including phenoxy) is 4. The van der Waals surface area contributed by atoms with Gasteiger partial charge in [0.15, 0.2) is 0 Å². The molecular formula is C57H62N6O6S2. The molecule has 2 saturated heterocycles. The summed E-state index contributed by atoms with van der Waals surface area (Å²) in [6.07, 6.45) is 9.92. The molecule has 0 N–H and O–H groups in total. The fraction of sp³-hybridized carbons (Fsp3) is 0.333. The van der Waals surface area contributed by atoms with E-state index in [1.165, 1.54) is 38.5 Å². The van der Waals surface area contributed by atoms with Gasteiger partial charge in [-0.3, -0.25) is 14.6 Å². The van der Waals surface area contributed by atoms with E-state index in [1.807, 2.05) is 77.3 Å². The monoisotopic (exact) mass is 990 g/mol. The number of aromatic nitrogens is 2. The summed E-state index contributed by atoms with van der Waals surface area (Å²) in [5, 5.41) is 9.22. The van der Waals surface area contributed by atoms with Crippen LogP contribution < -0.4 is 28.7 Å². The number of benzene rings is 4. The highest BCUT2D eigenvalue weighted by molar-refractivity contribution is 7.17. The first-order valence-electron chi connectivity index (χ1n) is 24.4. The summed E-state index contributed by atoms with van der Waals surface area (Å²) in [5.41, 5.74) is 4.42. The van der Waals surface area contributed by atoms with Crippen molar-refractivity contribution in [2.24, 2.45) is 0 Å². The van der Waals surface area contributed by atoms with Crippen molar-refractivity contribution in [3.63, 3.8) is 0 Å². The maximum atomic E-state index is 11.2. The molecule has 0 aliphatic carbocycles. The number of piperazine rings is 2. The van der Waals surface area contributed by atoms with Crippen LogP contribution in [-0.4, -0.2) is 118 Å². The van der Waals surface area contributed by atoms with Gasteiger partial charge in [0.25, 0.3) is 0 Å². The van der Waals surface area contributed by atoms with Crippen LogP contribution in [0.2, 0.25) is 0 Å². The molecule has 0 saturated carbocycles. The smallest absolute Gasteiger partial charge is 0.309 e. The standard InChI is InChI=1S/C27H29N3O3S.C26H29N3O2S.C4H4O/c1-20(31)33-27-10-8-21-7-9-22(19-24(21)28-27)32-17-3-2-12-29-13-15-30(16-14-29)25-5-4-6-26-23(25)11-18-34-26;1-30-26-10-8-20-7-9-21(19-23(20)27-26)31-17-3-2-12-28-13-15-29(16-14-28)24-5-4-6-25-22(24)11-18-32-25;1-2-3-4-5/h4-11,18-19H,2-3,12-17H2,1H3;4-11,18-19H,2-3,12-17H2,1H3;1,4H,3H2. The zero-order chi connectivity index (χ0) is 49.2. The van der Waals surface area contributed by atoms with E-state index in [0.717, 1.165) is 131 Å². The number of anilines is 2. The second-order valence-corrected chi connectivity index (χ2v) is 19.3. The highest BCUT2D eigenvalue weighted by Gasteiger charge is 2.20. The summed E-state index contributed by atoms with van der Waals surface area (Å²) in [4.78, 5) is 39.5. The summed E-state index contributed by atoms with van der Waals surface area (Å²) >= 11 is 3.64. The number of carbonyl (C=O) groups excluding carboxylic acids is 2. The highest BCUT2D eigenvalue weighted by Crippen LogP contribution is 2.33. The van der Waals surface area contributed by atoms with Gasteiger partial charge in [0, 0.05) is 126 Å². The van der Waals surface area contributed by atoms with E-state index < -0.39 is 0 Å². The molecular weight excluding hydrogens is 929 g/mol. The Balaban J connectivity index is 0.000000174. The number of methoxy groups -OCH3 is 1. The average Bonchev–Trinajstić information content (AvgIpc) is 4.10. The van der Waals surface area contributed by atoms with Gasteiger partial charge in [-0.1, -0.05) is 18.1 Å². The number of hydrogen-bond acceptors (Lipinski definition) is 14. The lowest BCUT2D eigenvalue weighted by Gasteiger charge is -2.36. The SMILES string of the molecule is C#CCC=O.CC(=O)Oc1ccc2ccc(OCCCCN3CCN(c4cccc5sccc45)CC3)cc2n1.COc1ccc2ccc(OCCCCN3CCN(c4cccc5sccc45)CC3)cc2n1. The Morgan fingerprint density at radius 2 is 1.11 bits per heavy atom. The van der Waals surface area contributed by atoms with E-state index >= 15 is 0 Å². The van der Waals surface area contributed by atoms with Crippen LogP contribution in [0, 0.1) is 12.3 Å². The summed E-state index contributed by atoms with van der Waals surface area (Å²) in [5.74, 6) is 4.37. The Morgan fingerprint density at radius 3 is 1.56 bits per heavy atom. The van der Waals surface area contributed by atoms with Crippen LogP contribution in [0.4, 0.5) is 11.4 Å². The number of aldehydes is 1. The molecule has 368 valence electrons. The molecule has 2 aliphatic heterocycles. The van der Waals surface area contributed by atoms with E-state index in [2.05, 4.69) is 101 Å². The molecule has 0 spiro atoms. The molecule has 71 heavy (non-hydrogen) atoms. The maximum absolute atomic E-state index is 11.2. The van der Waals surface area contributed by atoms with E-state index in [0.29, 0.717) is 24.7 Å². The van der Waals surface area contributed by atoms with Crippen molar-refractivity contribution in [2.75, 3.05) is 95.6 Å². The Hall–Kier alpha value is -6.76. The molecule has 6 heterocycles. The normalized spacial score (nSPS) is 14.0. The van der Waals surface area contributed by atoms with E-state index in [4.69, 9.17) is 18.9 Å². The van der Waals surface area contributed by atoms with Crippen molar-refractivity contribution in [2.45, 2.75) is 39.0 Å². The molecule has 4 aromatic carbocycles. The predicted molar refractivity (Wildman–Crippen MR) is 291 cm³/mol. The molecule has 0 unspecified atom stereocenters. The van der Waals surface area contributed by atoms with Gasteiger partial charge in [-0.25, -0.2) is 9.97 Å². The summed E-state index contributed by atoms with van der Waals surface area (Å²) < 4.78 is 25.0. The van der Waals surface area contributed by atoms with Crippen molar-refractivity contribution in [1.29, 1.82) is 0 Å². The van der Waals surface area contributed by atoms with Gasteiger partial charge in [-0.15, -0.1) is 29.1 Å². The Labute approximate surface area is 424 Å². The summed E-state index contributed by atoms with van der Waals surface area (Å²) in [6.45, 7) is 13.8. The molecule has 8 aromatic rings. The second-order valence-electron chi connectivity index (χ2n) is 17.4. The zero-order valence-electron chi connectivity index (χ0n) is 40.7. The van der Waals surface area contributed by atoms with Crippen LogP contribution in [-0.2, 0) is 9.59 Å². The van der Waals surface area contributed by atoms with Gasteiger partial charge in [-0.2, -0.15) is 0 Å².